The number of aromatic amines is 1. The maximum Gasteiger partial charge on any atom is 0.270 e. The average molecular weight is 415 g/mol. The molecule has 0 spiro atoms. The zero-order chi connectivity index (χ0) is 22.0. The minimum Gasteiger partial charge on any atom is -0.493 e. The Morgan fingerprint density at radius 2 is 1.65 bits per heavy atom. The number of ether oxygens (including phenoxy) is 2. The van der Waals surface area contributed by atoms with Gasteiger partial charge in [0.1, 0.15) is 5.82 Å². The van der Waals surface area contributed by atoms with Crippen LogP contribution in [0, 0.1) is 17.0 Å². The van der Waals surface area contributed by atoms with Gasteiger partial charge in [-0.3, -0.25) is 10.1 Å². The third-order valence-electron chi connectivity index (χ3n) is 5.11. The Hall–Kier alpha value is -4.13. The fraction of sp³-hybridized carbons (Fsp3) is 0.125. The second-order valence-corrected chi connectivity index (χ2v) is 7.00. The Morgan fingerprint density at radius 3 is 2.32 bits per heavy atom. The van der Waals surface area contributed by atoms with Gasteiger partial charge in [-0.25, -0.2) is 4.98 Å². The topological polar surface area (TPSA) is 90.3 Å². The molecule has 0 bridgehead atoms. The molecule has 3 aromatic carbocycles. The lowest BCUT2D eigenvalue weighted by molar-refractivity contribution is -0.384. The van der Waals surface area contributed by atoms with Crippen molar-refractivity contribution in [1.82, 2.24) is 9.97 Å². The van der Waals surface area contributed by atoms with Gasteiger partial charge in [0.05, 0.1) is 30.5 Å². The highest BCUT2D eigenvalue weighted by atomic mass is 16.6. The van der Waals surface area contributed by atoms with Crippen LogP contribution in [0.5, 0.6) is 11.5 Å². The zero-order valence-electron chi connectivity index (χ0n) is 17.4. The summed E-state index contributed by atoms with van der Waals surface area (Å²) in [6.07, 6.45) is 0. The van der Waals surface area contributed by atoms with E-state index in [-0.39, 0.29) is 5.69 Å². The van der Waals surface area contributed by atoms with Gasteiger partial charge in [0.2, 0.25) is 0 Å². The van der Waals surface area contributed by atoms with Gasteiger partial charge in [0.25, 0.3) is 5.69 Å². The van der Waals surface area contributed by atoms with Gasteiger partial charge < -0.3 is 14.5 Å². The summed E-state index contributed by atoms with van der Waals surface area (Å²) in [5.41, 5.74) is 4.82. The Bertz CT molecular complexity index is 1250. The molecule has 0 radical (unpaired) electrons. The van der Waals surface area contributed by atoms with Gasteiger partial charge in [0, 0.05) is 28.8 Å². The number of rotatable bonds is 6. The summed E-state index contributed by atoms with van der Waals surface area (Å²) in [5.74, 6) is 1.84. The second-order valence-electron chi connectivity index (χ2n) is 7.00. The monoisotopic (exact) mass is 415 g/mol. The van der Waals surface area contributed by atoms with Crippen LogP contribution in [0.4, 0.5) is 5.69 Å². The van der Waals surface area contributed by atoms with Crippen LogP contribution in [-0.4, -0.2) is 29.1 Å². The van der Waals surface area contributed by atoms with E-state index < -0.39 is 4.92 Å². The van der Waals surface area contributed by atoms with Crippen LogP contribution in [0.1, 0.15) is 5.56 Å². The van der Waals surface area contributed by atoms with Crippen LogP contribution in [-0.2, 0) is 0 Å². The molecule has 1 aromatic heterocycles. The number of hydrogen-bond acceptors (Lipinski definition) is 5. The zero-order valence-corrected chi connectivity index (χ0v) is 17.4. The summed E-state index contributed by atoms with van der Waals surface area (Å²) in [7, 11) is 3.16. The summed E-state index contributed by atoms with van der Waals surface area (Å²) < 4.78 is 10.8. The van der Waals surface area contributed by atoms with E-state index in [0.717, 1.165) is 27.9 Å². The Labute approximate surface area is 179 Å². The Kier molecular flexibility index (Phi) is 5.41. The van der Waals surface area contributed by atoms with Crippen molar-refractivity contribution in [2.45, 2.75) is 6.92 Å². The first-order chi connectivity index (χ1) is 15.0. The minimum absolute atomic E-state index is 0.0295. The third kappa shape index (κ3) is 3.85. The fourth-order valence-corrected chi connectivity index (χ4v) is 3.49. The molecule has 0 amide bonds. The molecule has 7 nitrogen and oxygen atoms in total. The number of nitrogens with zero attached hydrogens (tertiary/aromatic N) is 2. The Morgan fingerprint density at radius 1 is 0.903 bits per heavy atom. The quantitative estimate of drug-likeness (QED) is 0.325. The molecule has 0 aliphatic heterocycles. The van der Waals surface area contributed by atoms with E-state index in [9.17, 15) is 10.1 Å². The maximum atomic E-state index is 11.4. The average Bonchev–Trinajstić information content (AvgIpc) is 3.24. The largest absolute Gasteiger partial charge is 0.493 e. The standard InChI is InChI=1S/C24H21N3O4/c1-15-9-11-18(27(28)29)14-19(15)23-22(16-7-5-4-6-8-16)25-24(26-23)17-10-12-20(30-2)21(13-17)31-3/h4-14H,1-3H3,(H,25,26). The number of non-ortho nitro benzene ring substituents is 1. The van der Waals surface area contributed by atoms with E-state index in [1.807, 2.05) is 55.5 Å². The summed E-state index contributed by atoms with van der Waals surface area (Å²) in [5, 5.41) is 11.4. The number of hydrogen-bond donors (Lipinski definition) is 1. The number of nitro benzene ring substituents is 1. The number of benzene rings is 3. The maximum absolute atomic E-state index is 11.4. The molecule has 31 heavy (non-hydrogen) atoms. The molecule has 156 valence electrons. The van der Waals surface area contributed by atoms with E-state index in [1.54, 1.807) is 26.4 Å². The summed E-state index contributed by atoms with van der Waals surface area (Å²) >= 11 is 0. The first-order valence-corrected chi connectivity index (χ1v) is 9.65. The number of nitro groups is 1. The molecule has 0 saturated carbocycles. The van der Waals surface area contributed by atoms with Crippen LogP contribution < -0.4 is 9.47 Å². The number of aryl methyl sites for hydroxylation is 1. The molecular formula is C24H21N3O4. The van der Waals surface area contributed by atoms with Crippen molar-refractivity contribution in [2.75, 3.05) is 14.2 Å². The van der Waals surface area contributed by atoms with E-state index in [1.165, 1.54) is 6.07 Å². The number of H-pyrrole nitrogens is 1. The highest BCUT2D eigenvalue weighted by Crippen LogP contribution is 2.38. The van der Waals surface area contributed by atoms with Crippen molar-refractivity contribution in [3.8, 4) is 45.4 Å². The molecule has 4 rings (SSSR count). The predicted molar refractivity (Wildman–Crippen MR) is 119 cm³/mol. The molecule has 0 aliphatic carbocycles. The fourth-order valence-electron chi connectivity index (χ4n) is 3.49. The van der Waals surface area contributed by atoms with Gasteiger partial charge in [0.15, 0.2) is 11.5 Å². The van der Waals surface area contributed by atoms with E-state index >= 15 is 0 Å². The molecular weight excluding hydrogens is 394 g/mol. The first kappa shape index (κ1) is 20.2. The number of imidazole rings is 1. The first-order valence-electron chi connectivity index (χ1n) is 9.65. The molecule has 0 fully saturated rings. The van der Waals surface area contributed by atoms with Crippen molar-refractivity contribution < 1.29 is 14.4 Å². The van der Waals surface area contributed by atoms with E-state index in [2.05, 4.69) is 4.98 Å². The summed E-state index contributed by atoms with van der Waals surface area (Å²) in [6.45, 7) is 1.92. The van der Waals surface area contributed by atoms with Crippen molar-refractivity contribution in [2.24, 2.45) is 0 Å². The van der Waals surface area contributed by atoms with E-state index in [4.69, 9.17) is 14.5 Å². The van der Waals surface area contributed by atoms with Gasteiger partial charge in [-0.05, 0) is 30.7 Å². The van der Waals surface area contributed by atoms with Crippen LogP contribution in [0.2, 0.25) is 0 Å². The number of methoxy groups -OCH3 is 2. The van der Waals surface area contributed by atoms with Gasteiger partial charge >= 0.3 is 0 Å². The van der Waals surface area contributed by atoms with Gasteiger partial charge in [-0.15, -0.1) is 0 Å². The molecule has 1 heterocycles. The normalized spacial score (nSPS) is 10.7. The predicted octanol–water partition coefficient (Wildman–Crippen LogP) is 5.64. The van der Waals surface area contributed by atoms with Crippen LogP contribution in [0.25, 0.3) is 33.9 Å². The second kappa shape index (κ2) is 8.31. The van der Waals surface area contributed by atoms with Crippen LogP contribution in [0.15, 0.2) is 66.7 Å². The van der Waals surface area contributed by atoms with Gasteiger partial charge in [-0.1, -0.05) is 36.4 Å². The van der Waals surface area contributed by atoms with Crippen molar-refractivity contribution in [3.05, 3.63) is 82.4 Å². The lowest BCUT2D eigenvalue weighted by atomic mass is 10.0. The number of aromatic nitrogens is 2. The lowest BCUT2D eigenvalue weighted by Crippen LogP contribution is -1.92. The highest BCUT2D eigenvalue weighted by molar-refractivity contribution is 5.83. The summed E-state index contributed by atoms with van der Waals surface area (Å²) in [4.78, 5) is 19.2. The van der Waals surface area contributed by atoms with E-state index in [0.29, 0.717) is 23.0 Å². The highest BCUT2D eigenvalue weighted by Gasteiger charge is 2.20. The smallest absolute Gasteiger partial charge is 0.270 e. The van der Waals surface area contributed by atoms with Crippen molar-refractivity contribution >= 4 is 5.69 Å². The molecule has 0 aliphatic rings. The minimum atomic E-state index is -0.392. The lowest BCUT2D eigenvalue weighted by Gasteiger charge is -2.08. The summed E-state index contributed by atoms with van der Waals surface area (Å²) in [6, 6.07) is 20.1. The third-order valence-corrected chi connectivity index (χ3v) is 5.11. The molecule has 4 aromatic rings. The van der Waals surface area contributed by atoms with Crippen LogP contribution in [0.3, 0.4) is 0 Å². The Balaban J connectivity index is 1.93. The molecule has 7 heteroatoms. The van der Waals surface area contributed by atoms with Gasteiger partial charge in [-0.2, -0.15) is 0 Å². The molecule has 0 unspecified atom stereocenters. The molecule has 0 saturated heterocycles. The SMILES string of the molecule is COc1ccc(-c2nc(-c3ccccc3)c(-c3cc([N+](=O)[O-])ccc3C)[nH]2)cc1OC. The molecule has 0 atom stereocenters. The number of nitrogens with one attached hydrogen (secondary N) is 1. The van der Waals surface area contributed by atoms with Crippen molar-refractivity contribution in [1.29, 1.82) is 0 Å². The van der Waals surface area contributed by atoms with Crippen LogP contribution >= 0.6 is 0 Å². The van der Waals surface area contributed by atoms with Crippen molar-refractivity contribution in [3.63, 3.8) is 0 Å². The molecule has 1 N–H and O–H groups in total.